The second-order valence-electron chi connectivity index (χ2n) is 8.75. The summed E-state index contributed by atoms with van der Waals surface area (Å²) in [7, 11) is 1.18. The van der Waals surface area contributed by atoms with Crippen LogP contribution in [0.3, 0.4) is 0 Å². The Morgan fingerprint density at radius 2 is 1.97 bits per heavy atom. The molecule has 0 unspecified atom stereocenters. The van der Waals surface area contributed by atoms with Crippen LogP contribution in [0, 0.1) is 16.7 Å². The van der Waals surface area contributed by atoms with E-state index in [1.54, 1.807) is 6.92 Å². The number of hydrazone groups is 1. The van der Waals surface area contributed by atoms with Crippen molar-refractivity contribution in [1.29, 1.82) is 5.26 Å². The van der Waals surface area contributed by atoms with Crippen molar-refractivity contribution in [3.8, 4) is 11.8 Å². The van der Waals surface area contributed by atoms with E-state index in [0.717, 1.165) is 12.1 Å². The molecule has 3 N–H and O–H groups in total. The normalized spacial score (nSPS) is 24.1. The smallest absolute Gasteiger partial charge is 0.435 e. The van der Waals surface area contributed by atoms with Crippen LogP contribution in [0.4, 0.5) is 18.0 Å². The average Bonchev–Trinajstić information content (AvgIpc) is 2.81. The number of nitrogens with zero attached hydrogens (tertiary/aromatic N) is 2. The molecule has 0 saturated heterocycles. The number of nitrogens with one attached hydrogen (secondary N) is 3. The van der Waals surface area contributed by atoms with Crippen molar-refractivity contribution in [3.05, 3.63) is 28.2 Å². The third-order valence-corrected chi connectivity index (χ3v) is 6.82. The van der Waals surface area contributed by atoms with Crippen molar-refractivity contribution in [2.24, 2.45) is 10.5 Å². The molecule has 3 amide bonds. The Morgan fingerprint density at radius 3 is 2.57 bits per heavy atom. The van der Waals surface area contributed by atoms with Gasteiger partial charge in [0.05, 0.1) is 18.6 Å². The van der Waals surface area contributed by atoms with Crippen molar-refractivity contribution in [1.82, 2.24) is 16.2 Å². The number of rotatable bonds is 6. The van der Waals surface area contributed by atoms with Crippen molar-refractivity contribution < 1.29 is 41.9 Å². The molecule has 3 rings (SSSR count). The first-order valence-corrected chi connectivity index (χ1v) is 11.8. The van der Waals surface area contributed by atoms with E-state index in [9.17, 15) is 32.8 Å². The summed E-state index contributed by atoms with van der Waals surface area (Å²) in [5.74, 6) is -2.40. The van der Waals surface area contributed by atoms with Crippen LogP contribution < -0.4 is 21.0 Å². The first-order valence-electron chi connectivity index (χ1n) is 11.0. The standard InChI is InChI=1S/C22H23BrF3N5O6/c1-12(28-17(32)18(33)31-35-2)10-20(11-27)5-7-21(8-6-20)16(29-30-19(34)37-21)14-9-13(3-4-15(14)23)36-22(24,25)26/h3-4,9,12H,5-8,10H2,1-2H3,(H,28,32)(H,30,34)(H,31,33)/t12-,20?,21?/m0/s1. The van der Waals surface area contributed by atoms with Gasteiger partial charge in [-0.3, -0.25) is 14.4 Å². The van der Waals surface area contributed by atoms with E-state index >= 15 is 0 Å². The molecule has 1 aromatic rings. The number of amides is 3. The highest BCUT2D eigenvalue weighted by atomic mass is 79.9. The van der Waals surface area contributed by atoms with Crippen molar-refractivity contribution in [3.63, 3.8) is 0 Å². The van der Waals surface area contributed by atoms with E-state index in [1.807, 2.05) is 5.48 Å². The fraction of sp³-hybridized carbons (Fsp3) is 0.500. The molecule has 1 aliphatic heterocycles. The molecule has 15 heteroatoms. The van der Waals surface area contributed by atoms with Crippen LogP contribution in [0.1, 0.15) is 44.6 Å². The number of hydrogen-bond donors (Lipinski definition) is 3. The predicted octanol–water partition coefficient (Wildman–Crippen LogP) is 3.19. The van der Waals surface area contributed by atoms with E-state index in [4.69, 9.17) is 4.74 Å². The van der Waals surface area contributed by atoms with Gasteiger partial charge < -0.3 is 14.8 Å². The van der Waals surface area contributed by atoms with Gasteiger partial charge in [0, 0.05) is 16.1 Å². The summed E-state index contributed by atoms with van der Waals surface area (Å²) in [6.07, 6.45) is -4.84. The molecule has 1 fully saturated rings. The van der Waals surface area contributed by atoms with Gasteiger partial charge in [0.2, 0.25) is 0 Å². The topological polar surface area (TPSA) is 151 Å². The molecule has 11 nitrogen and oxygen atoms in total. The highest BCUT2D eigenvalue weighted by Gasteiger charge is 2.51. The Morgan fingerprint density at radius 1 is 1.30 bits per heavy atom. The summed E-state index contributed by atoms with van der Waals surface area (Å²) in [5, 5.41) is 16.6. The largest absolute Gasteiger partial charge is 0.573 e. The van der Waals surface area contributed by atoms with Gasteiger partial charge in [-0.1, -0.05) is 15.9 Å². The lowest BCUT2D eigenvalue weighted by molar-refractivity contribution is -0.274. The molecule has 0 bridgehead atoms. The molecule has 1 atom stereocenters. The number of ether oxygens (including phenoxy) is 2. The fourth-order valence-electron chi connectivity index (χ4n) is 4.54. The Bertz CT molecular complexity index is 1140. The minimum atomic E-state index is -4.91. The molecule has 1 heterocycles. The Kier molecular flexibility index (Phi) is 8.33. The maximum atomic E-state index is 12.8. The first-order chi connectivity index (χ1) is 17.3. The van der Waals surface area contributed by atoms with Gasteiger partial charge in [-0.05, 0) is 57.2 Å². The molecule has 1 aliphatic carbocycles. The minimum absolute atomic E-state index is 0.133. The number of hydrogen-bond acceptors (Lipinski definition) is 8. The summed E-state index contributed by atoms with van der Waals surface area (Å²) >= 11 is 3.31. The van der Waals surface area contributed by atoms with Crippen LogP contribution >= 0.6 is 15.9 Å². The summed E-state index contributed by atoms with van der Waals surface area (Å²) < 4.78 is 48.4. The molecule has 0 radical (unpaired) electrons. The summed E-state index contributed by atoms with van der Waals surface area (Å²) in [6, 6.07) is 5.34. The number of carbonyl (C=O) groups excluding carboxylic acids is 3. The van der Waals surface area contributed by atoms with E-state index in [1.165, 1.54) is 13.2 Å². The fourth-order valence-corrected chi connectivity index (χ4v) is 4.97. The third kappa shape index (κ3) is 6.69. The Labute approximate surface area is 217 Å². The number of benzene rings is 1. The van der Waals surface area contributed by atoms with Gasteiger partial charge in [0.1, 0.15) is 11.5 Å². The van der Waals surface area contributed by atoms with E-state index in [0.29, 0.717) is 4.47 Å². The summed E-state index contributed by atoms with van der Waals surface area (Å²) in [5.41, 5.74) is 2.24. The van der Waals surface area contributed by atoms with Gasteiger partial charge in [-0.2, -0.15) is 10.4 Å². The Hall–Kier alpha value is -3.38. The number of halogens is 4. The molecule has 200 valence electrons. The molecular weight excluding hydrogens is 567 g/mol. The quantitative estimate of drug-likeness (QED) is 0.340. The van der Waals surface area contributed by atoms with Gasteiger partial charge in [-0.25, -0.2) is 15.7 Å². The van der Waals surface area contributed by atoms with Crippen LogP contribution in [-0.2, 0) is 19.2 Å². The lowest BCUT2D eigenvalue weighted by Gasteiger charge is -2.45. The zero-order valence-corrected chi connectivity index (χ0v) is 21.3. The zero-order valence-electron chi connectivity index (χ0n) is 19.7. The zero-order chi connectivity index (χ0) is 27.4. The minimum Gasteiger partial charge on any atom is -0.435 e. The average molecular weight is 590 g/mol. The second-order valence-corrected chi connectivity index (χ2v) is 9.61. The number of nitriles is 1. The highest BCUT2D eigenvalue weighted by Crippen LogP contribution is 2.48. The van der Waals surface area contributed by atoms with E-state index in [2.05, 4.69) is 47.4 Å². The van der Waals surface area contributed by atoms with Crippen LogP contribution in [0.5, 0.6) is 5.75 Å². The first kappa shape index (κ1) is 28.2. The molecule has 1 spiro atoms. The van der Waals surface area contributed by atoms with Gasteiger partial charge in [0.25, 0.3) is 0 Å². The highest BCUT2D eigenvalue weighted by molar-refractivity contribution is 9.10. The number of carbonyl (C=O) groups is 3. The summed E-state index contributed by atoms with van der Waals surface area (Å²) in [4.78, 5) is 40.1. The monoisotopic (exact) mass is 589 g/mol. The summed E-state index contributed by atoms with van der Waals surface area (Å²) in [6.45, 7) is 1.64. The van der Waals surface area contributed by atoms with Crippen molar-refractivity contribution in [2.75, 3.05) is 7.11 Å². The maximum Gasteiger partial charge on any atom is 0.573 e. The van der Waals surface area contributed by atoms with Crippen LogP contribution in [0.2, 0.25) is 0 Å². The SMILES string of the molecule is CONC(=O)C(=O)N[C@@H](C)CC1(C#N)CCC2(CC1)OC(=O)NN=C2c1cc(OC(F)(F)F)ccc1Br. The van der Waals surface area contributed by atoms with Crippen molar-refractivity contribution in [2.45, 2.75) is 57.0 Å². The van der Waals surface area contributed by atoms with E-state index in [-0.39, 0.29) is 43.4 Å². The van der Waals surface area contributed by atoms with Gasteiger partial charge in [0.15, 0.2) is 5.60 Å². The van der Waals surface area contributed by atoms with Crippen LogP contribution in [0.25, 0.3) is 0 Å². The van der Waals surface area contributed by atoms with Crippen LogP contribution in [-0.4, -0.2) is 48.7 Å². The molecule has 37 heavy (non-hydrogen) atoms. The second kappa shape index (κ2) is 10.9. The molecule has 0 aromatic heterocycles. The molecule has 1 saturated carbocycles. The lowest BCUT2D eigenvalue weighted by Crippen LogP contribution is -2.54. The lowest BCUT2D eigenvalue weighted by atomic mass is 9.65. The Balaban J connectivity index is 1.82. The van der Waals surface area contributed by atoms with Crippen LogP contribution in [0.15, 0.2) is 27.8 Å². The molecular formula is C22H23BrF3N5O6. The predicted molar refractivity (Wildman–Crippen MR) is 124 cm³/mol. The molecule has 2 aliphatic rings. The number of hydroxylamine groups is 1. The van der Waals surface area contributed by atoms with Gasteiger partial charge in [-0.15, -0.1) is 13.2 Å². The van der Waals surface area contributed by atoms with Gasteiger partial charge >= 0.3 is 24.3 Å². The van der Waals surface area contributed by atoms with Crippen molar-refractivity contribution >= 4 is 39.5 Å². The molecule has 1 aromatic carbocycles. The number of alkyl halides is 3. The van der Waals surface area contributed by atoms with E-state index < -0.39 is 47.1 Å². The maximum absolute atomic E-state index is 12.8. The third-order valence-electron chi connectivity index (χ3n) is 6.13.